The van der Waals surface area contributed by atoms with Crippen molar-refractivity contribution in [2.45, 2.75) is 20.3 Å². The predicted molar refractivity (Wildman–Crippen MR) is 114 cm³/mol. The van der Waals surface area contributed by atoms with E-state index in [0.29, 0.717) is 40.6 Å². The molecule has 0 saturated heterocycles. The molecule has 0 bridgehead atoms. The van der Waals surface area contributed by atoms with Crippen LogP contribution in [0.1, 0.15) is 23.6 Å². The largest absolute Gasteiger partial charge is 0.504 e. The van der Waals surface area contributed by atoms with Crippen LogP contribution >= 0.6 is 11.6 Å². The smallest absolute Gasteiger partial charge is 0.329 e. The summed E-state index contributed by atoms with van der Waals surface area (Å²) in [5.41, 5.74) is 4.60. The maximum atomic E-state index is 12.0. The van der Waals surface area contributed by atoms with Gasteiger partial charge in [0.25, 0.3) is 0 Å². The van der Waals surface area contributed by atoms with E-state index in [1.165, 1.54) is 6.21 Å². The molecule has 0 heterocycles. The molecule has 0 aliphatic carbocycles. The topological polar surface area (TPSA) is 100 Å². The van der Waals surface area contributed by atoms with Gasteiger partial charge in [0.05, 0.1) is 12.8 Å². The van der Waals surface area contributed by atoms with Crippen LogP contribution in [0, 0.1) is 6.92 Å². The number of phenolic OH excluding ortho intramolecular Hbond substituents is 1. The molecule has 0 radical (unpaired) electrons. The van der Waals surface area contributed by atoms with E-state index in [0.717, 1.165) is 5.56 Å². The molecule has 0 aromatic heterocycles. The Kier molecular flexibility index (Phi) is 7.79. The first-order valence-electron chi connectivity index (χ1n) is 8.85. The fourth-order valence-electron chi connectivity index (χ4n) is 2.42. The third-order valence-corrected chi connectivity index (χ3v) is 4.26. The molecular formula is C21H22ClN3O4. The summed E-state index contributed by atoms with van der Waals surface area (Å²) < 4.78 is 5.41. The van der Waals surface area contributed by atoms with Crippen LogP contribution < -0.4 is 15.5 Å². The van der Waals surface area contributed by atoms with Crippen molar-refractivity contribution in [3.8, 4) is 11.5 Å². The number of phenols is 1. The van der Waals surface area contributed by atoms with Gasteiger partial charge in [-0.05, 0) is 55.7 Å². The van der Waals surface area contributed by atoms with Crippen molar-refractivity contribution >= 4 is 35.3 Å². The Balaban J connectivity index is 2.05. The third-order valence-electron chi connectivity index (χ3n) is 3.86. The molecule has 0 saturated carbocycles. The fraction of sp³-hybridized carbons (Fsp3) is 0.190. The number of benzene rings is 2. The zero-order chi connectivity index (χ0) is 21.4. The molecule has 2 aromatic carbocycles. The lowest BCUT2D eigenvalue weighted by molar-refractivity contribution is -0.136. The molecule has 152 valence electrons. The van der Waals surface area contributed by atoms with Gasteiger partial charge >= 0.3 is 11.8 Å². The number of amides is 2. The number of nitrogens with zero attached hydrogens (tertiary/aromatic N) is 1. The van der Waals surface area contributed by atoms with Gasteiger partial charge in [0.15, 0.2) is 11.5 Å². The number of anilines is 1. The lowest BCUT2D eigenvalue weighted by atomic mass is 10.1. The van der Waals surface area contributed by atoms with Gasteiger partial charge in [0, 0.05) is 16.3 Å². The maximum Gasteiger partial charge on any atom is 0.329 e. The summed E-state index contributed by atoms with van der Waals surface area (Å²) in [7, 11) is 0. The van der Waals surface area contributed by atoms with Gasteiger partial charge in [-0.1, -0.05) is 23.7 Å². The van der Waals surface area contributed by atoms with Crippen molar-refractivity contribution < 1.29 is 19.4 Å². The average Bonchev–Trinajstić information content (AvgIpc) is 2.68. The minimum absolute atomic E-state index is 0.0315. The van der Waals surface area contributed by atoms with E-state index in [2.05, 4.69) is 22.4 Å². The molecular weight excluding hydrogens is 394 g/mol. The molecule has 0 aliphatic rings. The predicted octanol–water partition coefficient (Wildman–Crippen LogP) is 3.57. The number of hydrazone groups is 1. The van der Waals surface area contributed by atoms with Crippen LogP contribution in [0.4, 0.5) is 5.69 Å². The Bertz CT molecular complexity index is 957. The van der Waals surface area contributed by atoms with Gasteiger partial charge in [-0.25, -0.2) is 5.43 Å². The van der Waals surface area contributed by atoms with E-state index >= 15 is 0 Å². The van der Waals surface area contributed by atoms with Gasteiger partial charge in [0.2, 0.25) is 0 Å². The molecule has 0 unspecified atom stereocenters. The number of aryl methyl sites for hydroxylation is 1. The van der Waals surface area contributed by atoms with Crippen LogP contribution in [0.5, 0.6) is 11.5 Å². The standard InChI is InChI=1S/C21H22ClN3O4/c1-4-6-15-9-14(10-18(19(15)26)29-5-2)12-23-25-21(28)20(27)24-16-8-7-13(3)17(22)11-16/h4,7-12,26H,1,5-6H2,2-3H3,(H,24,27)(H,25,28)/b23-12+. The number of nitrogens with one attached hydrogen (secondary N) is 2. The second-order valence-corrected chi connectivity index (χ2v) is 6.48. The summed E-state index contributed by atoms with van der Waals surface area (Å²) in [4.78, 5) is 23.9. The number of carbonyl (C=O) groups excluding carboxylic acids is 2. The van der Waals surface area contributed by atoms with Gasteiger partial charge in [0.1, 0.15) is 0 Å². The zero-order valence-corrected chi connectivity index (χ0v) is 16.9. The number of allylic oxidation sites excluding steroid dienone is 1. The van der Waals surface area contributed by atoms with E-state index in [-0.39, 0.29) is 5.75 Å². The van der Waals surface area contributed by atoms with E-state index in [1.807, 2.05) is 6.92 Å². The summed E-state index contributed by atoms with van der Waals surface area (Å²) in [5.74, 6) is -1.49. The fourth-order valence-corrected chi connectivity index (χ4v) is 2.60. The molecule has 2 amide bonds. The number of hydrogen-bond acceptors (Lipinski definition) is 5. The second kappa shape index (κ2) is 10.3. The molecule has 8 heteroatoms. The van der Waals surface area contributed by atoms with Crippen LogP contribution in [0.2, 0.25) is 5.02 Å². The first kappa shape index (κ1) is 22.0. The first-order chi connectivity index (χ1) is 13.8. The lowest BCUT2D eigenvalue weighted by Crippen LogP contribution is -2.32. The number of hydrogen-bond donors (Lipinski definition) is 3. The van der Waals surface area contributed by atoms with E-state index in [4.69, 9.17) is 16.3 Å². The second-order valence-electron chi connectivity index (χ2n) is 6.07. The molecule has 2 aromatic rings. The molecule has 0 atom stereocenters. The number of ether oxygens (including phenoxy) is 1. The normalized spacial score (nSPS) is 10.6. The summed E-state index contributed by atoms with van der Waals surface area (Å²) in [6.45, 7) is 7.66. The molecule has 2 rings (SSSR count). The van der Waals surface area contributed by atoms with Crippen molar-refractivity contribution in [1.29, 1.82) is 0 Å². The quantitative estimate of drug-likeness (QED) is 0.278. The van der Waals surface area contributed by atoms with Crippen molar-refractivity contribution in [3.63, 3.8) is 0 Å². The van der Waals surface area contributed by atoms with Crippen LogP contribution in [0.3, 0.4) is 0 Å². The van der Waals surface area contributed by atoms with Crippen molar-refractivity contribution in [2.75, 3.05) is 11.9 Å². The average molecular weight is 416 g/mol. The van der Waals surface area contributed by atoms with Gasteiger partial charge in [-0.15, -0.1) is 6.58 Å². The van der Waals surface area contributed by atoms with Crippen molar-refractivity contribution in [2.24, 2.45) is 5.10 Å². The van der Waals surface area contributed by atoms with Crippen molar-refractivity contribution in [3.05, 3.63) is 64.7 Å². The van der Waals surface area contributed by atoms with Crippen LogP contribution in [0.15, 0.2) is 48.1 Å². The summed E-state index contributed by atoms with van der Waals surface area (Å²) in [5, 5.41) is 16.9. The molecule has 7 nitrogen and oxygen atoms in total. The maximum absolute atomic E-state index is 12.0. The number of rotatable bonds is 7. The first-order valence-corrected chi connectivity index (χ1v) is 9.23. The van der Waals surface area contributed by atoms with E-state index < -0.39 is 11.8 Å². The monoisotopic (exact) mass is 415 g/mol. The number of halogens is 1. The molecule has 3 N–H and O–H groups in total. The highest BCUT2D eigenvalue weighted by atomic mass is 35.5. The summed E-state index contributed by atoms with van der Waals surface area (Å²) in [6, 6.07) is 8.19. The minimum atomic E-state index is -0.937. The van der Waals surface area contributed by atoms with Gasteiger partial charge in [-0.2, -0.15) is 5.10 Å². The molecule has 0 fully saturated rings. The highest BCUT2D eigenvalue weighted by Gasteiger charge is 2.14. The lowest BCUT2D eigenvalue weighted by Gasteiger charge is -2.10. The van der Waals surface area contributed by atoms with Gasteiger partial charge in [-0.3, -0.25) is 9.59 Å². The molecule has 0 spiro atoms. The molecule has 0 aliphatic heterocycles. The van der Waals surface area contributed by atoms with Crippen molar-refractivity contribution in [1.82, 2.24) is 5.43 Å². The Morgan fingerprint density at radius 3 is 2.69 bits per heavy atom. The highest BCUT2D eigenvalue weighted by Crippen LogP contribution is 2.31. The SMILES string of the molecule is C=CCc1cc(/C=N/NC(=O)C(=O)Nc2ccc(C)c(Cl)c2)cc(OCC)c1O. The Hall–Kier alpha value is -3.32. The van der Waals surface area contributed by atoms with Crippen LogP contribution in [0.25, 0.3) is 0 Å². The highest BCUT2D eigenvalue weighted by molar-refractivity contribution is 6.39. The minimum Gasteiger partial charge on any atom is -0.504 e. The van der Waals surface area contributed by atoms with Gasteiger partial charge < -0.3 is 15.2 Å². The Labute approximate surface area is 174 Å². The summed E-state index contributed by atoms with van der Waals surface area (Å²) >= 11 is 6.00. The number of carbonyl (C=O) groups is 2. The summed E-state index contributed by atoms with van der Waals surface area (Å²) in [6.07, 6.45) is 3.43. The van der Waals surface area contributed by atoms with E-state index in [9.17, 15) is 14.7 Å². The Morgan fingerprint density at radius 1 is 1.28 bits per heavy atom. The number of aromatic hydroxyl groups is 1. The van der Waals surface area contributed by atoms with E-state index in [1.54, 1.807) is 43.3 Å². The van der Waals surface area contributed by atoms with Crippen LogP contribution in [-0.4, -0.2) is 29.7 Å². The zero-order valence-electron chi connectivity index (χ0n) is 16.2. The third kappa shape index (κ3) is 6.08. The van der Waals surface area contributed by atoms with Crippen LogP contribution in [-0.2, 0) is 16.0 Å². The Morgan fingerprint density at radius 2 is 2.03 bits per heavy atom. The molecule has 29 heavy (non-hydrogen) atoms.